The number of nitrogens with zero attached hydrogens (tertiary/aromatic N) is 3. The van der Waals surface area contributed by atoms with Gasteiger partial charge in [0.2, 0.25) is 5.69 Å². The van der Waals surface area contributed by atoms with E-state index >= 15 is 0 Å². The quantitative estimate of drug-likeness (QED) is 0.516. The van der Waals surface area contributed by atoms with Crippen LogP contribution in [0.5, 0.6) is 0 Å². The van der Waals surface area contributed by atoms with Crippen LogP contribution in [-0.2, 0) is 0 Å². The highest BCUT2D eigenvalue weighted by atomic mass is 15.2. The zero-order chi connectivity index (χ0) is 7.68. The van der Waals surface area contributed by atoms with E-state index in [1.54, 1.807) is 10.7 Å². The molecule has 0 N–H and O–H groups in total. The summed E-state index contributed by atoms with van der Waals surface area (Å²) in [5, 5.41) is 3.99. The van der Waals surface area contributed by atoms with E-state index < -0.39 is 0 Å². The molecule has 0 aliphatic rings. The average Bonchev–Trinajstić information content (AvgIpc) is 2.47. The van der Waals surface area contributed by atoms with Crippen LogP contribution < -0.4 is 0 Å². The zero-order valence-electron chi connectivity index (χ0n) is 5.73. The number of pyridine rings is 1. The normalized spacial score (nSPS) is 9.73. The third-order valence-electron chi connectivity index (χ3n) is 1.53. The molecule has 0 amide bonds. The van der Waals surface area contributed by atoms with Crippen molar-refractivity contribution in [2.24, 2.45) is 0 Å². The Labute approximate surface area is 63.7 Å². The molecule has 52 valence electrons. The van der Waals surface area contributed by atoms with E-state index in [2.05, 4.69) is 9.94 Å². The van der Waals surface area contributed by atoms with Gasteiger partial charge in [-0.15, -0.1) is 0 Å². The first-order valence-corrected chi connectivity index (χ1v) is 3.21. The minimum Gasteiger partial charge on any atom is -0.253 e. The van der Waals surface area contributed by atoms with Crippen LogP contribution in [0.15, 0.2) is 30.6 Å². The van der Waals surface area contributed by atoms with Gasteiger partial charge in [-0.2, -0.15) is 5.10 Å². The maximum absolute atomic E-state index is 6.81. The van der Waals surface area contributed by atoms with Crippen molar-refractivity contribution in [1.82, 2.24) is 9.61 Å². The van der Waals surface area contributed by atoms with E-state index in [0.717, 1.165) is 5.52 Å². The number of fused-ring (bicyclic) bond motifs is 1. The van der Waals surface area contributed by atoms with Gasteiger partial charge in [0.05, 0.1) is 18.3 Å². The van der Waals surface area contributed by atoms with Crippen LogP contribution in [0.3, 0.4) is 0 Å². The minimum atomic E-state index is 0.602. The molecule has 0 aliphatic heterocycles. The largest absolute Gasteiger partial charge is 0.253 e. The molecule has 2 aromatic heterocycles. The Morgan fingerprint density at radius 3 is 3.18 bits per heavy atom. The van der Waals surface area contributed by atoms with Gasteiger partial charge in [0.25, 0.3) is 0 Å². The van der Waals surface area contributed by atoms with Gasteiger partial charge in [-0.1, -0.05) is 6.07 Å². The van der Waals surface area contributed by atoms with E-state index in [1.807, 2.05) is 24.4 Å². The Kier molecular flexibility index (Phi) is 1.13. The standard InChI is InChI=1S/C8H5N3/c1-9-7-6-10-11-5-3-2-4-8(7)11/h2-6H. The highest BCUT2D eigenvalue weighted by Crippen LogP contribution is 2.18. The van der Waals surface area contributed by atoms with Gasteiger partial charge in [0.15, 0.2) is 0 Å². The van der Waals surface area contributed by atoms with Gasteiger partial charge in [-0.25, -0.2) is 4.85 Å². The number of hydrogen-bond acceptors (Lipinski definition) is 1. The van der Waals surface area contributed by atoms with Gasteiger partial charge in [-0.05, 0) is 12.1 Å². The smallest absolute Gasteiger partial charge is 0.231 e. The first-order valence-electron chi connectivity index (χ1n) is 3.21. The highest BCUT2D eigenvalue weighted by Gasteiger charge is 1.99. The van der Waals surface area contributed by atoms with Crippen molar-refractivity contribution < 1.29 is 0 Å². The molecule has 0 saturated heterocycles. The van der Waals surface area contributed by atoms with Crippen molar-refractivity contribution in [3.63, 3.8) is 0 Å². The monoisotopic (exact) mass is 143 g/mol. The van der Waals surface area contributed by atoms with Crippen LogP contribution in [0, 0.1) is 6.57 Å². The summed E-state index contributed by atoms with van der Waals surface area (Å²) in [7, 11) is 0. The molecule has 0 fully saturated rings. The van der Waals surface area contributed by atoms with Gasteiger partial charge < -0.3 is 0 Å². The Bertz CT molecular complexity index is 422. The Morgan fingerprint density at radius 1 is 1.45 bits per heavy atom. The topological polar surface area (TPSA) is 21.7 Å². The number of rotatable bonds is 0. The molecular weight excluding hydrogens is 138 g/mol. The summed E-state index contributed by atoms with van der Waals surface area (Å²) in [5.74, 6) is 0. The van der Waals surface area contributed by atoms with Crippen molar-refractivity contribution in [1.29, 1.82) is 0 Å². The zero-order valence-corrected chi connectivity index (χ0v) is 5.73. The van der Waals surface area contributed by atoms with Gasteiger partial charge in [-0.3, -0.25) is 4.52 Å². The SMILES string of the molecule is [C-]#[N+]c1cnn2ccccc12. The Morgan fingerprint density at radius 2 is 2.36 bits per heavy atom. The lowest BCUT2D eigenvalue weighted by molar-refractivity contribution is 0.961. The van der Waals surface area contributed by atoms with E-state index in [0.29, 0.717) is 5.69 Å². The van der Waals surface area contributed by atoms with E-state index in [4.69, 9.17) is 6.57 Å². The van der Waals surface area contributed by atoms with Crippen molar-refractivity contribution in [2.75, 3.05) is 0 Å². The summed E-state index contributed by atoms with van der Waals surface area (Å²) in [6.07, 6.45) is 3.40. The molecule has 3 nitrogen and oxygen atoms in total. The van der Waals surface area contributed by atoms with Crippen LogP contribution in [-0.4, -0.2) is 9.61 Å². The Hall–Kier alpha value is -1.82. The summed E-state index contributed by atoms with van der Waals surface area (Å²) >= 11 is 0. The van der Waals surface area contributed by atoms with Crippen LogP contribution in [0.4, 0.5) is 5.69 Å². The molecular formula is C8H5N3. The van der Waals surface area contributed by atoms with E-state index in [9.17, 15) is 0 Å². The van der Waals surface area contributed by atoms with Gasteiger partial charge >= 0.3 is 0 Å². The second-order valence-corrected chi connectivity index (χ2v) is 2.17. The first kappa shape index (κ1) is 5.93. The predicted octanol–water partition coefficient (Wildman–Crippen LogP) is 1.89. The highest BCUT2D eigenvalue weighted by molar-refractivity contribution is 5.71. The molecule has 0 aliphatic carbocycles. The van der Waals surface area contributed by atoms with Crippen molar-refractivity contribution >= 4 is 11.2 Å². The maximum atomic E-state index is 6.81. The molecule has 2 heterocycles. The lowest BCUT2D eigenvalue weighted by atomic mass is 10.4. The van der Waals surface area contributed by atoms with Crippen molar-refractivity contribution in [3.05, 3.63) is 42.0 Å². The molecule has 0 bridgehead atoms. The molecule has 2 aromatic rings. The van der Waals surface area contributed by atoms with E-state index in [1.165, 1.54) is 0 Å². The van der Waals surface area contributed by atoms with Gasteiger partial charge in [0, 0.05) is 6.20 Å². The fourth-order valence-electron chi connectivity index (χ4n) is 1.01. The number of hydrogen-bond donors (Lipinski definition) is 0. The average molecular weight is 143 g/mol. The lowest BCUT2D eigenvalue weighted by Gasteiger charge is -1.89. The third kappa shape index (κ3) is 0.767. The molecule has 2 rings (SSSR count). The summed E-state index contributed by atoms with van der Waals surface area (Å²) in [6.45, 7) is 6.81. The summed E-state index contributed by atoms with van der Waals surface area (Å²) in [5.41, 5.74) is 1.47. The first-order chi connectivity index (χ1) is 5.42. The maximum Gasteiger partial charge on any atom is 0.231 e. The fraction of sp³-hybridized carbons (Fsp3) is 0. The van der Waals surface area contributed by atoms with Crippen LogP contribution >= 0.6 is 0 Å². The van der Waals surface area contributed by atoms with E-state index in [-0.39, 0.29) is 0 Å². The second kappa shape index (κ2) is 2.10. The molecule has 11 heavy (non-hydrogen) atoms. The third-order valence-corrected chi connectivity index (χ3v) is 1.53. The second-order valence-electron chi connectivity index (χ2n) is 2.17. The van der Waals surface area contributed by atoms with Crippen LogP contribution in [0.25, 0.3) is 10.4 Å². The van der Waals surface area contributed by atoms with Crippen LogP contribution in [0.2, 0.25) is 0 Å². The lowest BCUT2D eigenvalue weighted by Crippen LogP contribution is -1.81. The summed E-state index contributed by atoms with van der Waals surface area (Å²) in [4.78, 5) is 3.33. The van der Waals surface area contributed by atoms with Crippen molar-refractivity contribution in [3.8, 4) is 0 Å². The molecule has 0 radical (unpaired) electrons. The summed E-state index contributed by atoms with van der Waals surface area (Å²) in [6, 6.07) is 5.65. The van der Waals surface area contributed by atoms with Gasteiger partial charge in [0.1, 0.15) is 0 Å². The Balaban J connectivity index is 2.89. The molecule has 0 spiro atoms. The molecule has 0 saturated carbocycles. The number of aromatic nitrogens is 2. The van der Waals surface area contributed by atoms with Crippen LogP contribution in [0.1, 0.15) is 0 Å². The predicted molar refractivity (Wildman–Crippen MR) is 41.5 cm³/mol. The minimum absolute atomic E-state index is 0.602. The van der Waals surface area contributed by atoms with Crippen molar-refractivity contribution in [2.45, 2.75) is 0 Å². The molecule has 0 atom stereocenters. The molecule has 3 heteroatoms. The molecule has 0 unspecified atom stereocenters. The molecule has 0 aromatic carbocycles. The summed E-state index contributed by atoms with van der Waals surface area (Å²) < 4.78 is 1.69. The fourth-order valence-corrected chi connectivity index (χ4v) is 1.01.